The summed E-state index contributed by atoms with van der Waals surface area (Å²) in [4.78, 5) is 14.4. The summed E-state index contributed by atoms with van der Waals surface area (Å²) in [6, 6.07) is 10.4. The Morgan fingerprint density at radius 3 is 2.72 bits per heavy atom. The van der Waals surface area contributed by atoms with E-state index in [4.69, 9.17) is 5.73 Å². The molecule has 1 aromatic carbocycles. The highest BCUT2D eigenvalue weighted by Crippen LogP contribution is 2.33. The van der Waals surface area contributed by atoms with Crippen molar-refractivity contribution in [3.05, 3.63) is 35.9 Å². The summed E-state index contributed by atoms with van der Waals surface area (Å²) in [5.74, 6) is 0.0800. The average Bonchev–Trinajstić information content (AvgIpc) is 2.87. The SMILES string of the molecule is CCC(C)(N)C(=O)N1CCCC1c1ccccc1. The molecule has 2 N–H and O–H groups in total. The summed E-state index contributed by atoms with van der Waals surface area (Å²) < 4.78 is 0. The number of likely N-dealkylation sites (tertiary alicyclic amines) is 1. The zero-order valence-corrected chi connectivity index (χ0v) is 11.2. The summed E-state index contributed by atoms with van der Waals surface area (Å²) in [7, 11) is 0. The molecule has 0 aromatic heterocycles. The normalized spacial score (nSPS) is 22.8. The molecule has 1 aromatic rings. The zero-order chi connectivity index (χ0) is 13.2. The Hall–Kier alpha value is -1.35. The first-order chi connectivity index (χ1) is 8.56. The number of carbonyl (C=O) groups excluding carboxylic acids is 1. The van der Waals surface area contributed by atoms with Gasteiger partial charge in [-0.15, -0.1) is 0 Å². The van der Waals surface area contributed by atoms with Crippen LogP contribution in [-0.2, 0) is 4.79 Å². The second kappa shape index (κ2) is 5.11. The van der Waals surface area contributed by atoms with Crippen molar-refractivity contribution < 1.29 is 4.79 Å². The van der Waals surface area contributed by atoms with Gasteiger partial charge < -0.3 is 10.6 Å². The Morgan fingerprint density at radius 2 is 2.11 bits per heavy atom. The van der Waals surface area contributed by atoms with Crippen molar-refractivity contribution in [3.63, 3.8) is 0 Å². The van der Waals surface area contributed by atoms with Gasteiger partial charge in [0.15, 0.2) is 0 Å². The van der Waals surface area contributed by atoms with E-state index in [9.17, 15) is 4.79 Å². The standard InChI is InChI=1S/C15H22N2O/c1-3-15(2,16)14(18)17-11-7-10-13(17)12-8-5-4-6-9-12/h4-6,8-9,13H,3,7,10-11,16H2,1-2H3. The van der Waals surface area contributed by atoms with Gasteiger partial charge >= 0.3 is 0 Å². The van der Waals surface area contributed by atoms with Gasteiger partial charge in [-0.3, -0.25) is 4.79 Å². The molecular formula is C15H22N2O. The van der Waals surface area contributed by atoms with Crippen LogP contribution in [-0.4, -0.2) is 22.9 Å². The zero-order valence-electron chi connectivity index (χ0n) is 11.2. The molecule has 0 spiro atoms. The summed E-state index contributed by atoms with van der Waals surface area (Å²) in [6.45, 7) is 4.62. The molecule has 1 amide bonds. The molecule has 0 radical (unpaired) electrons. The quantitative estimate of drug-likeness (QED) is 0.890. The molecule has 1 heterocycles. The molecular weight excluding hydrogens is 224 g/mol. The van der Waals surface area contributed by atoms with Gasteiger partial charge in [0, 0.05) is 6.54 Å². The fraction of sp³-hybridized carbons (Fsp3) is 0.533. The topological polar surface area (TPSA) is 46.3 Å². The Labute approximate surface area is 109 Å². The van der Waals surface area contributed by atoms with Gasteiger partial charge in [-0.2, -0.15) is 0 Å². The molecule has 3 nitrogen and oxygen atoms in total. The molecule has 2 unspecified atom stereocenters. The van der Waals surface area contributed by atoms with E-state index in [1.54, 1.807) is 0 Å². The monoisotopic (exact) mass is 246 g/mol. The van der Waals surface area contributed by atoms with Crippen LogP contribution in [0.1, 0.15) is 44.7 Å². The first-order valence-corrected chi connectivity index (χ1v) is 6.71. The summed E-state index contributed by atoms with van der Waals surface area (Å²) in [6.07, 6.45) is 2.77. The van der Waals surface area contributed by atoms with E-state index < -0.39 is 5.54 Å². The second-order valence-electron chi connectivity index (χ2n) is 5.34. The molecule has 2 rings (SSSR count). The lowest BCUT2D eigenvalue weighted by Gasteiger charge is -2.32. The van der Waals surface area contributed by atoms with Gasteiger partial charge in [0.2, 0.25) is 5.91 Å². The maximum atomic E-state index is 12.5. The van der Waals surface area contributed by atoms with Crippen LogP contribution in [0.3, 0.4) is 0 Å². The number of benzene rings is 1. The van der Waals surface area contributed by atoms with E-state index in [-0.39, 0.29) is 11.9 Å². The lowest BCUT2D eigenvalue weighted by molar-refractivity contribution is -0.137. The van der Waals surface area contributed by atoms with E-state index in [0.717, 1.165) is 19.4 Å². The number of hydrogen-bond donors (Lipinski definition) is 1. The second-order valence-corrected chi connectivity index (χ2v) is 5.34. The number of amides is 1. The molecule has 1 aliphatic heterocycles. The molecule has 3 heteroatoms. The highest BCUT2D eigenvalue weighted by atomic mass is 16.2. The summed E-state index contributed by atoms with van der Waals surface area (Å²) in [5, 5.41) is 0. The molecule has 0 saturated carbocycles. The van der Waals surface area contributed by atoms with Crippen LogP contribution in [0, 0.1) is 0 Å². The fourth-order valence-electron chi connectivity index (χ4n) is 2.51. The van der Waals surface area contributed by atoms with Crippen LogP contribution in [0.25, 0.3) is 0 Å². The predicted octanol–water partition coefficient (Wildman–Crippen LogP) is 2.48. The van der Waals surface area contributed by atoms with Gasteiger partial charge in [0.1, 0.15) is 0 Å². The molecule has 1 aliphatic rings. The highest BCUT2D eigenvalue weighted by Gasteiger charge is 2.37. The largest absolute Gasteiger partial charge is 0.334 e. The van der Waals surface area contributed by atoms with Crippen molar-refractivity contribution in [1.82, 2.24) is 4.90 Å². The third-order valence-electron chi connectivity index (χ3n) is 3.92. The number of nitrogens with two attached hydrogens (primary N) is 1. The van der Waals surface area contributed by atoms with Gasteiger partial charge in [-0.05, 0) is 31.7 Å². The van der Waals surface area contributed by atoms with Crippen LogP contribution in [0.2, 0.25) is 0 Å². The summed E-state index contributed by atoms with van der Waals surface area (Å²) in [5.41, 5.74) is 6.57. The van der Waals surface area contributed by atoms with Crippen LogP contribution >= 0.6 is 0 Å². The Bertz CT molecular complexity index is 414. The Morgan fingerprint density at radius 1 is 1.44 bits per heavy atom. The van der Waals surface area contributed by atoms with E-state index in [0.29, 0.717) is 6.42 Å². The smallest absolute Gasteiger partial charge is 0.242 e. The van der Waals surface area contributed by atoms with Crippen LogP contribution < -0.4 is 5.73 Å². The minimum Gasteiger partial charge on any atom is -0.334 e. The minimum absolute atomic E-state index is 0.0800. The Balaban J connectivity index is 2.21. The van der Waals surface area contributed by atoms with E-state index in [1.807, 2.05) is 36.9 Å². The predicted molar refractivity (Wildman–Crippen MR) is 73.0 cm³/mol. The maximum Gasteiger partial charge on any atom is 0.242 e. The first kappa shape index (κ1) is 13.1. The van der Waals surface area contributed by atoms with E-state index in [1.165, 1.54) is 5.56 Å². The first-order valence-electron chi connectivity index (χ1n) is 6.71. The third-order valence-corrected chi connectivity index (χ3v) is 3.92. The average molecular weight is 246 g/mol. The lowest BCUT2D eigenvalue weighted by Crippen LogP contribution is -2.52. The van der Waals surface area contributed by atoms with Crippen molar-refractivity contribution in [2.75, 3.05) is 6.54 Å². The number of rotatable bonds is 3. The highest BCUT2D eigenvalue weighted by molar-refractivity contribution is 5.86. The number of nitrogens with zero attached hydrogens (tertiary/aromatic N) is 1. The molecule has 18 heavy (non-hydrogen) atoms. The number of carbonyl (C=O) groups is 1. The summed E-state index contributed by atoms with van der Waals surface area (Å²) >= 11 is 0. The maximum absolute atomic E-state index is 12.5. The van der Waals surface area contributed by atoms with Crippen molar-refractivity contribution in [3.8, 4) is 0 Å². The third kappa shape index (κ3) is 2.41. The Kier molecular flexibility index (Phi) is 3.71. The van der Waals surface area contributed by atoms with Gasteiger partial charge in [-0.1, -0.05) is 37.3 Å². The number of hydrogen-bond acceptors (Lipinski definition) is 2. The molecule has 0 bridgehead atoms. The van der Waals surface area contributed by atoms with Gasteiger partial charge in [0.05, 0.1) is 11.6 Å². The van der Waals surface area contributed by atoms with Crippen LogP contribution in [0.5, 0.6) is 0 Å². The van der Waals surface area contributed by atoms with Crippen molar-refractivity contribution in [1.29, 1.82) is 0 Å². The van der Waals surface area contributed by atoms with Gasteiger partial charge in [0.25, 0.3) is 0 Å². The molecule has 1 saturated heterocycles. The van der Waals surface area contributed by atoms with E-state index >= 15 is 0 Å². The molecule has 1 fully saturated rings. The van der Waals surface area contributed by atoms with Crippen LogP contribution in [0.4, 0.5) is 0 Å². The van der Waals surface area contributed by atoms with Crippen molar-refractivity contribution in [2.24, 2.45) is 5.73 Å². The lowest BCUT2D eigenvalue weighted by atomic mass is 9.97. The van der Waals surface area contributed by atoms with Crippen molar-refractivity contribution >= 4 is 5.91 Å². The molecule has 98 valence electrons. The van der Waals surface area contributed by atoms with Gasteiger partial charge in [-0.25, -0.2) is 0 Å². The molecule has 2 atom stereocenters. The fourth-order valence-corrected chi connectivity index (χ4v) is 2.51. The minimum atomic E-state index is -0.739. The van der Waals surface area contributed by atoms with E-state index in [2.05, 4.69) is 12.1 Å². The van der Waals surface area contributed by atoms with Crippen LogP contribution in [0.15, 0.2) is 30.3 Å². The van der Waals surface area contributed by atoms with Crippen molar-refractivity contribution in [2.45, 2.75) is 44.7 Å². The molecule has 0 aliphatic carbocycles.